The molecule has 0 saturated heterocycles. The number of fused-ring (bicyclic) bond motifs is 2. The summed E-state index contributed by atoms with van der Waals surface area (Å²) >= 11 is 0. The quantitative estimate of drug-likeness (QED) is 0.521. The average Bonchev–Trinajstić information content (AvgIpc) is 2.98. The molecule has 0 saturated carbocycles. The molecule has 19 heavy (non-hydrogen) atoms. The number of benzene rings is 2. The molecule has 1 N–H and O–H groups in total. The molecular weight excluding hydrogens is 240 g/mol. The number of hydrogen-bond acceptors (Lipinski definition) is 5. The number of H-pyrrole nitrogens is 1. The molecule has 2 aromatic heterocycles. The fraction of sp³-hybridized carbons (Fsp3) is 0. The van der Waals surface area contributed by atoms with Gasteiger partial charge in [-0.15, -0.1) is 5.10 Å². The van der Waals surface area contributed by atoms with E-state index in [-0.39, 0.29) is 0 Å². The molecule has 0 atom stereocenters. The van der Waals surface area contributed by atoms with E-state index in [2.05, 4.69) is 30.6 Å². The topological polar surface area (TPSA) is 80.2 Å². The van der Waals surface area contributed by atoms with Crippen molar-refractivity contribution in [1.29, 1.82) is 0 Å². The first-order valence-corrected chi connectivity index (χ1v) is 5.81. The third-order valence-electron chi connectivity index (χ3n) is 2.97. The maximum Gasteiger partial charge on any atom is 0.181 e. The fourth-order valence-electron chi connectivity index (χ4n) is 2.11. The van der Waals surface area contributed by atoms with Gasteiger partial charge in [0.15, 0.2) is 5.82 Å². The Hall–Kier alpha value is -2.89. The van der Waals surface area contributed by atoms with Gasteiger partial charge in [-0.25, -0.2) is 15.1 Å². The van der Waals surface area contributed by atoms with E-state index in [1.807, 2.05) is 42.5 Å². The van der Waals surface area contributed by atoms with Crippen LogP contribution in [0.15, 0.2) is 42.5 Å². The van der Waals surface area contributed by atoms with Gasteiger partial charge in [0.2, 0.25) is 0 Å². The maximum atomic E-state index is 4.66. The highest BCUT2D eigenvalue weighted by Crippen LogP contribution is 2.24. The highest BCUT2D eigenvalue weighted by atomic mass is 15.5. The van der Waals surface area contributed by atoms with E-state index < -0.39 is 0 Å². The first kappa shape index (κ1) is 10.1. The van der Waals surface area contributed by atoms with Gasteiger partial charge in [0.05, 0.1) is 16.6 Å². The average molecular weight is 248 g/mol. The van der Waals surface area contributed by atoms with E-state index in [9.17, 15) is 0 Å². The maximum absolute atomic E-state index is 4.66. The Morgan fingerprint density at radius 1 is 0.789 bits per heavy atom. The second-order valence-electron chi connectivity index (χ2n) is 4.14. The monoisotopic (exact) mass is 248 g/mol. The zero-order valence-electron chi connectivity index (χ0n) is 9.78. The number of aromatic amines is 1. The Balaban J connectivity index is 2.12. The summed E-state index contributed by atoms with van der Waals surface area (Å²) in [5.74, 6) is 0.593. The molecule has 0 aliphatic carbocycles. The molecule has 0 unspecified atom stereocenters. The first-order valence-electron chi connectivity index (χ1n) is 5.81. The standard InChI is InChI=1S/C13H8N6/c1-2-6-10-9(5-1)14-11-7-3-4-8(12(11)15-10)13-16-18-19-17-13/h1-7H,(H,16,17,18,19). The van der Waals surface area contributed by atoms with Crippen molar-refractivity contribution in [2.75, 3.05) is 0 Å². The van der Waals surface area contributed by atoms with Crippen LogP contribution in [0.1, 0.15) is 0 Å². The van der Waals surface area contributed by atoms with Gasteiger partial charge in [-0.1, -0.05) is 18.2 Å². The molecule has 6 nitrogen and oxygen atoms in total. The van der Waals surface area contributed by atoms with Gasteiger partial charge < -0.3 is 0 Å². The lowest BCUT2D eigenvalue weighted by Crippen LogP contribution is -1.91. The molecule has 0 bridgehead atoms. The Bertz CT molecular complexity index is 869. The third-order valence-corrected chi connectivity index (χ3v) is 2.97. The minimum absolute atomic E-state index is 0.593. The van der Waals surface area contributed by atoms with Gasteiger partial charge >= 0.3 is 0 Å². The van der Waals surface area contributed by atoms with E-state index in [0.29, 0.717) is 5.82 Å². The van der Waals surface area contributed by atoms with Crippen molar-refractivity contribution in [3.05, 3.63) is 42.5 Å². The van der Waals surface area contributed by atoms with Crippen molar-refractivity contribution in [3.8, 4) is 11.4 Å². The first-order chi connectivity index (χ1) is 9.42. The van der Waals surface area contributed by atoms with Crippen molar-refractivity contribution >= 4 is 22.1 Å². The Kier molecular flexibility index (Phi) is 2.02. The minimum Gasteiger partial charge on any atom is -0.244 e. The highest BCUT2D eigenvalue weighted by molar-refractivity contribution is 5.94. The number of tetrazole rings is 1. The number of para-hydroxylation sites is 3. The van der Waals surface area contributed by atoms with Crippen molar-refractivity contribution in [1.82, 2.24) is 30.6 Å². The van der Waals surface area contributed by atoms with E-state index in [1.54, 1.807) is 0 Å². The van der Waals surface area contributed by atoms with Crippen molar-refractivity contribution in [2.45, 2.75) is 0 Å². The van der Waals surface area contributed by atoms with Crippen LogP contribution >= 0.6 is 0 Å². The van der Waals surface area contributed by atoms with Crippen LogP contribution in [-0.2, 0) is 0 Å². The molecule has 2 aromatic carbocycles. The second kappa shape index (κ2) is 3.81. The van der Waals surface area contributed by atoms with Gasteiger partial charge in [0.25, 0.3) is 0 Å². The summed E-state index contributed by atoms with van der Waals surface area (Å²) in [6.45, 7) is 0. The molecular formula is C13H8N6. The third kappa shape index (κ3) is 1.54. The fourth-order valence-corrected chi connectivity index (χ4v) is 2.11. The molecule has 90 valence electrons. The van der Waals surface area contributed by atoms with Gasteiger partial charge in [-0.2, -0.15) is 0 Å². The number of nitrogens with one attached hydrogen (secondary N) is 1. The predicted octanol–water partition coefficient (Wildman–Crippen LogP) is 1.96. The summed E-state index contributed by atoms with van der Waals surface area (Å²) in [4.78, 5) is 9.26. The van der Waals surface area contributed by atoms with E-state index in [1.165, 1.54) is 0 Å². The minimum atomic E-state index is 0.593. The van der Waals surface area contributed by atoms with Crippen LogP contribution in [0.2, 0.25) is 0 Å². The van der Waals surface area contributed by atoms with Crippen LogP contribution in [0.4, 0.5) is 0 Å². The van der Waals surface area contributed by atoms with Crippen LogP contribution in [0.5, 0.6) is 0 Å². The zero-order valence-corrected chi connectivity index (χ0v) is 9.78. The predicted molar refractivity (Wildman–Crippen MR) is 70.2 cm³/mol. The highest BCUT2D eigenvalue weighted by Gasteiger charge is 2.10. The van der Waals surface area contributed by atoms with Crippen molar-refractivity contribution in [3.63, 3.8) is 0 Å². The van der Waals surface area contributed by atoms with Gasteiger partial charge in [0, 0.05) is 5.56 Å². The molecule has 4 rings (SSSR count). The number of hydrogen-bond donors (Lipinski definition) is 1. The summed E-state index contributed by atoms with van der Waals surface area (Å²) in [6, 6.07) is 13.6. The van der Waals surface area contributed by atoms with Gasteiger partial charge in [-0.05, 0) is 34.7 Å². The second-order valence-corrected chi connectivity index (χ2v) is 4.14. The van der Waals surface area contributed by atoms with E-state index in [4.69, 9.17) is 0 Å². The lowest BCUT2D eigenvalue weighted by atomic mass is 10.1. The normalized spacial score (nSPS) is 11.2. The summed E-state index contributed by atoms with van der Waals surface area (Å²) in [7, 11) is 0. The Morgan fingerprint density at radius 3 is 2.37 bits per heavy atom. The lowest BCUT2D eigenvalue weighted by molar-refractivity contribution is 0.881. The van der Waals surface area contributed by atoms with Crippen molar-refractivity contribution < 1.29 is 0 Å². The van der Waals surface area contributed by atoms with Crippen LogP contribution in [0.25, 0.3) is 33.5 Å². The van der Waals surface area contributed by atoms with Crippen molar-refractivity contribution in [2.24, 2.45) is 0 Å². The van der Waals surface area contributed by atoms with Gasteiger partial charge in [-0.3, -0.25) is 0 Å². The number of aromatic nitrogens is 6. The molecule has 0 amide bonds. The lowest BCUT2D eigenvalue weighted by Gasteiger charge is -2.03. The molecule has 0 aliphatic rings. The molecule has 0 radical (unpaired) electrons. The smallest absolute Gasteiger partial charge is 0.181 e. The van der Waals surface area contributed by atoms with Gasteiger partial charge in [0.1, 0.15) is 5.52 Å². The summed E-state index contributed by atoms with van der Waals surface area (Å²) in [5, 5.41) is 13.9. The Labute approximate surface area is 107 Å². The molecule has 4 aromatic rings. The van der Waals surface area contributed by atoms with Crippen LogP contribution in [0.3, 0.4) is 0 Å². The van der Waals surface area contributed by atoms with Crippen LogP contribution in [-0.4, -0.2) is 30.6 Å². The van der Waals surface area contributed by atoms with Crippen LogP contribution < -0.4 is 0 Å². The summed E-state index contributed by atoms with van der Waals surface area (Å²) < 4.78 is 0. The molecule has 0 aliphatic heterocycles. The molecule has 2 heterocycles. The number of rotatable bonds is 1. The molecule has 0 fully saturated rings. The van der Waals surface area contributed by atoms with E-state index in [0.717, 1.165) is 27.6 Å². The Morgan fingerprint density at radius 2 is 1.58 bits per heavy atom. The number of nitrogens with zero attached hydrogens (tertiary/aromatic N) is 5. The summed E-state index contributed by atoms with van der Waals surface area (Å²) in [5.41, 5.74) is 4.20. The summed E-state index contributed by atoms with van der Waals surface area (Å²) in [6.07, 6.45) is 0. The SMILES string of the molecule is c1ccc2nc3c(-c4nnn[nH]4)cccc3nc2c1. The largest absolute Gasteiger partial charge is 0.244 e. The van der Waals surface area contributed by atoms with E-state index >= 15 is 0 Å². The molecule has 0 spiro atoms. The zero-order chi connectivity index (χ0) is 12.7. The molecule has 6 heteroatoms. The van der Waals surface area contributed by atoms with Crippen LogP contribution in [0, 0.1) is 0 Å².